The molecule has 0 aromatic heterocycles. The number of aliphatic carboxylic acids is 1. The van der Waals surface area contributed by atoms with Gasteiger partial charge in [-0.15, -0.1) is 0 Å². The van der Waals surface area contributed by atoms with Gasteiger partial charge in [0.15, 0.2) is 0 Å². The van der Waals surface area contributed by atoms with Gasteiger partial charge >= 0.3 is 11.9 Å². The van der Waals surface area contributed by atoms with Crippen LogP contribution in [0.3, 0.4) is 0 Å². The van der Waals surface area contributed by atoms with Crippen molar-refractivity contribution in [3.63, 3.8) is 0 Å². The number of unbranched alkanes of at least 4 members (excludes halogenated alkanes) is 3. The molecule has 6 heteroatoms. The molecule has 4 atom stereocenters. The van der Waals surface area contributed by atoms with Crippen molar-refractivity contribution in [2.75, 3.05) is 0 Å². The molecule has 4 unspecified atom stereocenters. The lowest BCUT2D eigenvalue weighted by atomic mass is 9.87. The Morgan fingerprint density at radius 2 is 2.08 bits per heavy atom. The van der Waals surface area contributed by atoms with Crippen LogP contribution in [0.5, 0.6) is 0 Å². The van der Waals surface area contributed by atoms with Gasteiger partial charge in [-0.05, 0) is 31.8 Å². The first-order chi connectivity index (χ1) is 12.4. The third kappa shape index (κ3) is 9.15. The highest BCUT2D eigenvalue weighted by Crippen LogP contribution is 2.27. The summed E-state index contributed by atoms with van der Waals surface area (Å²) in [5.74, 6) is -1.51. The fourth-order valence-corrected chi connectivity index (χ4v) is 2.98. The normalized spacial score (nSPS) is 24.9. The number of allylic oxidation sites excluding steroid dienone is 2. The van der Waals surface area contributed by atoms with E-state index in [9.17, 15) is 19.8 Å². The number of carboxylic acids is 1. The van der Waals surface area contributed by atoms with E-state index in [1.54, 1.807) is 12.2 Å². The molecule has 3 N–H and O–H groups in total. The predicted molar refractivity (Wildman–Crippen MR) is 98.5 cm³/mol. The van der Waals surface area contributed by atoms with E-state index in [0.717, 1.165) is 19.3 Å². The van der Waals surface area contributed by atoms with Crippen molar-refractivity contribution >= 4 is 11.9 Å². The molecule has 0 aromatic rings. The molecule has 0 bridgehead atoms. The van der Waals surface area contributed by atoms with Crippen molar-refractivity contribution in [3.8, 4) is 0 Å². The summed E-state index contributed by atoms with van der Waals surface area (Å²) >= 11 is 0. The zero-order valence-corrected chi connectivity index (χ0v) is 15.5. The summed E-state index contributed by atoms with van der Waals surface area (Å²) in [6, 6.07) is 0. The molecule has 1 fully saturated rings. The number of hydrogen-bond acceptors (Lipinski definition) is 5. The van der Waals surface area contributed by atoms with Gasteiger partial charge < -0.3 is 20.1 Å². The van der Waals surface area contributed by atoms with Crippen LogP contribution in [0.1, 0.15) is 64.7 Å². The summed E-state index contributed by atoms with van der Waals surface area (Å²) in [6.07, 6.45) is 10.8. The summed E-state index contributed by atoms with van der Waals surface area (Å²) in [5.41, 5.74) is 0. The number of carbonyl (C=O) groups excluding carboxylic acids is 1. The van der Waals surface area contributed by atoms with Crippen molar-refractivity contribution in [2.24, 2.45) is 5.92 Å². The lowest BCUT2D eigenvalue weighted by molar-refractivity contribution is -0.163. The number of aliphatic hydroxyl groups is 2. The molecular weight excluding hydrogens is 336 g/mol. The van der Waals surface area contributed by atoms with E-state index in [0.29, 0.717) is 25.7 Å². The van der Waals surface area contributed by atoms with E-state index in [4.69, 9.17) is 9.84 Å². The van der Waals surface area contributed by atoms with Gasteiger partial charge in [0.1, 0.15) is 6.10 Å². The van der Waals surface area contributed by atoms with Gasteiger partial charge in [0.05, 0.1) is 18.6 Å². The Morgan fingerprint density at radius 3 is 2.77 bits per heavy atom. The van der Waals surface area contributed by atoms with Gasteiger partial charge in [0.2, 0.25) is 0 Å². The zero-order valence-electron chi connectivity index (χ0n) is 15.5. The lowest BCUT2D eigenvalue weighted by Crippen LogP contribution is -2.41. The number of hydrogen-bond donors (Lipinski definition) is 3. The molecule has 26 heavy (non-hydrogen) atoms. The van der Waals surface area contributed by atoms with Crippen LogP contribution < -0.4 is 0 Å². The van der Waals surface area contributed by atoms with Crippen LogP contribution in [0.2, 0.25) is 0 Å². The molecule has 0 saturated carbocycles. The van der Waals surface area contributed by atoms with E-state index in [2.05, 4.69) is 6.92 Å². The number of carboxylic acid groups (broad SMARTS) is 1. The van der Waals surface area contributed by atoms with Crippen LogP contribution in [-0.2, 0) is 14.3 Å². The molecule has 1 rings (SSSR count). The van der Waals surface area contributed by atoms with E-state index in [1.165, 1.54) is 0 Å². The Bertz CT molecular complexity index is 485. The third-order valence-electron chi connectivity index (χ3n) is 4.52. The Balaban J connectivity index is 2.54. The maximum Gasteiger partial charge on any atom is 0.309 e. The molecule has 1 heterocycles. The fraction of sp³-hybridized carbons (Fsp3) is 0.700. The van der Waals surface area contributed by atoms with E-state index in [-0.39, 0.29) is 18.8 Å². The van der Waals surface area contributed by atoms with Crippen LogP contribution >= 0.6 is 0 Å². The zero-order chi connectivity index (χ0) is 19.4. The fourth-order valence-electron chi connectivity index (χ4n) is 2.98. The van der Waals surface area contributed by atoms with E-state index < -0.39 is 30.3 Å². The maximum absolute atomic E-state index is 11.6. The standard InChI is InChI=1S/C20H32O6/c1-2-3-6-9-15(21)12-13-18-16(17(22)14-20(25)26-18)10-7-4-5-8-11-19(23)24/h4,7,12-13,15-18,21-22H,2-3,5-6,8-11,14H2,1H3,(H,23,24)/b7-4+,13-12+. The minimum atomic E-state index is -0.810. The minimum Gasteiger partial charge on any atom is -0.481 e. The minimum absolute atomic E-state index is 0.0269. The number of esters is 1. The Labute approximate surface area is 155 Å². The molecule has 0 aromatic carbocycles. The third-order valence-corrected chi connectivity index (χ3v) is 4.52. The highest BCUT2D eigenvalue weighted by Gasteiger charge is 2.35. The molecule has 1 aliphatic heterocycles. The van der Waals surface area contributed by atoms with E-state index >= 15 is 0 Å². The second-order valence-electron chi connectivity index (χ2n) is 6.83. The summed E-state index contributed by atoms with van der Waals surface area (Å²) in [5, 5.41) is 28.8. The largest absolute Gasteiger partial charge is 0.481 e. The van der Waals surface area contributed by atoms with Gasteiger partial charge in [-0.3, -0.25) is 9.59 Å². The quantitative estimate of drug-likeness (QED) is 0.278. The van der Waals surface area contributed by atoms with Gasteiger partial charge in [0, 0.05) is 12.3 Å². The number of aliphatic hydroxyl groups excluding tert-OH is 2. The molecule has 1 saturated heterocycles. The molecular formula is C20H32O6. The number of carbonyl (C=O) groups is 2. The maximum atomic E-state index is 11.6. The highest BCUT2D eigenvalue weighted by atomic mass is 16.5. The predicted octanol–water partition coefficient (Wildman–Crippen LogP) is 2.98. The molecule has 1 aliphatic rings. The molecule has 0 amide bonds. The Hall–Kier alpha value is -1.66. The topological polar surface area (TPSA) is 104 Å². The second kappa shape index (κ2) is 12.7. The number of ether oxygens (including phenoxy) is 1. The molecule has 0 aliphatic carbocycles. The van der Waals surface area contributed by atoms with Crippen LogP contribution in [0.25, 0.3) is 0 Å². The number of rotatable bonds is 12. The van der Waals surface area contributed by atoms with Crippen LogP contribution in [-0.4, -0.2) is 45.6 Å². The van der Waals surface area contributed by atoms with Crippen molar-refractivity contribution < 1.29 is 29.6 Å². The monoisotopic (exact) mass is 368 g/mol. The highest BCUT2D eigenvalue weighted by molar-refractivity contribution is 5.71. The van der Waals surface area contributed by atoms with Crippen LogP contribution in [0, 0.1) is 5.92 Å². The number of cyclic esters (lactones) is 1. The summed E-state index contributed by atoms with van der Waals surface area (Å²) in [4.78, 5) is 22.1. The van der Waals surface area contributed by atoms with Crippen molar-refractivity contribution in [3.05, 3.63) is 24.3 Å². The van der Waals surface area contributed by atoms with Crippen molar-refractivity contribution in [1.29, 1.82) is 0 Å². The molecule has 148 valence electrons. The second-order valence-corrected chi connectivity index (χ2v) is 6.83. The first-order valence-electron chi connectivity index (χ1n) is 9.54. The molecule has 0 spiro atoms. The molecule has 6 nitrogen and oxygen atoms in total. The molecule has 0 radical (unpaired) electrons. The van der Waals surface area contributed by atoms with Gasteiger partial charge in [-0.25, -0.2) is 0 Å². The summed E-state index contributed by atoms with van der Waals surface area (Å²) < 4.78 is 5.35. The van der Waals surface area contributed by atoms with E-state index in [1.807, 2.05) is 12.2 Å². The van der Waals surface area contributed by atoms with Crippen LogP contribution in [0.15, 0.2) is 24.3 Å². The smallest absolute Gasteiger partial charge is 0.309 e. The summed E-state index contributed by atoms with van der Waals surface area (Å²) in [6.45, 7) is 2.10. The SMILES string of the molecule is CCCCCC(O)/C=C/C1OC(=O)CC(O)C1C/C=C/CCCC(=O)O. The average molecular weight is 368 g/mol. The average Bonchev–Trinajstić information content (AvgIpc) is 2.57. The van der Waals surface area contributed by atoms with Crippen molar-refractivity contribution in [1.82, 2.24) is 0 Å². The Kier molecular flexibility index (Phi) is 10.9. The summed E-state index contributed by atoms with van der Waals surface area (Å²) in [7, 11) is 0. The van der Waals surface area contributed by atoms with Gasteiger partial charge in [-0.1, -0.05) is 44.4 Å². The first-order valence-corrected chi connectivity index (χ1v) is 9.54. The Morgan fingerprint density at radius 1 is 1.31 bits per heavy atom. The van der Waals surface area contributed by atoms with Gasteiger partial charge in [0.25, 0.3) is 0 Å². The first kappa shape index (κ1) is 22.4. The van der Waals surface area contributed by atoms with Crippen molar-refractivity contribution in [2.45, 2.75) is 83.0 Å². The van der Waals surface area contributed by atoms with Gasteiger partial charge in [-0.2, -0.15) is 0 Å². The van der Waals surface area contributed by atoms with Crippen LogP contribution in [0.4, 0.5) is 0 Å². The lowest BCUT2D eigenvalue weighted by Gasteiger charge is -2.32.